The summed E-state index contributed by atoms with van der Waals surface area (Å²) in [7, 11) is 0. The molecule has 0 heterocycles. The first kappa shape index (κ1) is 14.6. The van der Waals surface area contributed by atoms with Gasteiger partial charge in [0, 0.05) is 10.5 Å². The SMILES string of the molecule is CC(N)C(Oc1ccc2c(c1)CCC2)c1cccc(Br)c1. The maximum absolute atomic E-state index is 6.20. The van der Waals surface area contributed by atoms with E-state index in [2.05, 4.69) is 46.3 Å². The van der Waals surface area contributed by atoms with E-state index in [4.69, 9.17) is 10.5 Å². The Morgan fingerprint density at radius 3 is 2.67 bits per heavy atom. The molecule has 0 amide bonds. The van der Waals surface area contributed by atoms with Crippen LogP contribution in [0.4, 0.5) is 0 Å². The van der Waals surface area contributed by atoms with Crippen LogP contribution in [0, 0.1) is 0 Å². The van der Waals surface area contributed by atoms with Gasteiger partial charge < -0.3 is 10.5 Å². The Labute approximate surface area is 134 Å². The van der Waals surface area contributed by atoms with Crippen LogP contribution in [0.25, 0.3) is 0 Å². The number of rotatable bonds is 4. The molecule has 3 heteroatoms. The fourth-order valence-corrected chi connectivity index (χ4v) is 3.35. The molecule has 2 aromatic rings. The second kappa shape index (κ2) is 6.20. The minimum atomic E-state index is -0.137. The van der Waals surface area contributed by atoms with Crippen molar-refractivity contribution in [3.63, 3.8) is 0 Å². The van der Waals surface area contributed by atoms with E-state index in [1.54, 1.807) is 0 Å². The van der Waals surface area contributed by atoms with Crippen molar-refractivity contribution in [1.82, 2.24) is 0 Å². The molecule has 0 fully saturated rings. The minimum absolute atomic E-state index is 0.0763. The van der Waals surface area contributed by atoms with Crippen molar-refractivity contribution in [1.29, 1.82) is 0 Å². The summed E-state index contributed by atoms with van der Waals surface area (Å²) in [6.45, 7) is 1.99. The maximum Gasteiger partial charge on any atom is 0.138 e. The van der Waals surface area contributed by atoms with E-state index in [-0.39, 0.29) is 12.1 Å². The molecule has 3 rings (SSSR count). The van der Waals surface area contributed by atoms with Crippen LogP contribution in [-0.2, 0) is 12.8 Å². The van der Waals surface area contributed by atoms with E-state index in [0.717, 1.165) is 22.2 Å². The van der Waals surface area contributed by atoms with Gasteiger partial charge in [0.15, 0.2) is 0 Å². The van der Waals surface area contributed by atoms with Gasteiger partial charge in [-0.05, 0) is 67.1 Å². The van der Waals surface area contributed by atoms with E-state index in [1.165, 1.54) is 24.0 Å². The molecule has 0 aromatic heterocycles. The molecule has 0 aliphatic heterocycles. The molecule has 0 spiro atoms. The molecule has 0 radical (unpaired) electrons. The number of aryl methyl sites for hydroxylation is 2. The lowest BCUT2D eigenvalue weighted by Crippen LogP contribution is -2.29. The Kier molecular flexibility index (Phi) is 4.32. The van der Waals surface area contributed by atoms with Gasteiger partial charge in [-0.1, -0.05) is 34.1 Å². The third-order valence-corrected chi connectivity index (χ3v) is 4.48. The lowest BCUT2D eigenvalue weighted by atomic mass is 10.0. The highest BCUT2D eigenvalue weighted by molar-refractivity contribution is 9.10. The van der Waals surface area contributed by atoms with E-state index >= 15 is 0 Å². The fourth-order valence-electron chi connectivity index (χ4n) is 2.93. The smallest absolute Gasteiger partial charge is 0.138 e. The summed E-state index contributed by atoms with van der Waals surface area (Å²) in [5.74, 6) is 0.915. The van der Waals surface area contributed by atoms with E-state index < -0.39 is 0 Å². The monoisotopic (exact) mass is 345 g/mol. The average molecular weight is 346 g/mol. The molecule has 2 atom stereocenters. The second-order valence-electron chi connectivity index (χ2n) is 5.74. The molecular weight excluding hydrogens is 326 g/mol. The Bertz CT molecular complexity index is 639. The van der Waals surface area contributed by atoms with Crippen molar-refractivity contribution in [3.05, 3.63) is 63.6 Å². The van der Waals surface area contributed by atoms with Gasteiger partial charge in [0.25, 0.3) is 0 Å². The Balaban J connectivity index is 1.86. The lowest BCUT2D eigenvalue weighted by molar-refractivity contribution is 0.180. The second-order valence-corrected chi connectivity index (χ2v) is 6.65. The van der Waals surface area contributed by atoms with E-state index in [9.17, 15) is 0 Å². The normalized spacial score (nSPS) is 16.3. The molecule has 2 aromatic carbocycles. The van der Waals surface area contributed by atoms with Crippen LogP contribution in [0.2, 0.25) is 0 Å². The van der Waals surface area contributed by atoms with Gasteiger partial charge in [-0.2, -0.15) is 0 Å². The van der Waals surface area contributed by atoms with Crippen LogP contribution in [0.5, 0.6) is 5.75 Å². The summed E-state index contributed by atoms with van der Waals surface area (Å²) < 4.78 is 7.24. The Morgan fingerprint density at radius 1 is 1.10 bits per heavy atom. The molecule has 2 nitrogen and oxygen atoms in total. The number of ether oxygens (including phenoxy) is 1. The van der Waals surface area contributed by atoms with Gasteiger partial charge in [-0.3, -0.25) is 0 Å². The summed E-state index contributed by atoms with van der Waals surface area (Å²) in [5, 5.41) is 0. The summed E-state index contributed by atoms with van der Waals surface area (Å²) in [6, 6.07) is 14.5. The number of fused-ring (bicyclic) bond motifs is 1. The number of benzene rings is 2. The van der Waals surface area contributed by atoms with Gasteiger partial charge >= 0.3 is 0 Å². The molecule has 1 aliphatic rings. The highest BCUT2D eigenvalue weighted by Gasteiger charge is 2.19. The largest absolute Gasteiger partial charge is 0.484 e. The molecule has 110 valence electrons. The fraction of sp³-hybridized carbons (Fsp3) is 0.333. The van der Waals surface area contributed by atoms with Crippen LogP contribution >= 0.6 is 15.9 Å². The van der Waals surface area contributed by atoms with Crippen molar-refractivity contribution in [2.75, 3.05) is 0 Å². The quantitative estimate of drug-likeness (QED) is 0.890. The molecular formula is C18H20BrNO. The molecule has 1 aliphatic carbocycles. The van der Waals surface area contributed by atoms with Crippen molar-refractivity contribution >= 4 is 15.9 Å². The third-order valence-electron chi connectivity index (χ3n) is 3.99. The topological polar surface area (TPSA) is 35.2 Å². The van der Waals surface area contributed by atoms with E-state index in [0.29, 0.717) is 0 Å². The molecule has 2 N–H and O–H groups in total. The van der Waals surface area contributed by atoms with Crippen molar-refractivity contribution in [3.8, 4) is 5.75 Å². The van der Waals surface area contributed by atoms with Gasteiger partial charge in [-0.15, -0.1) is 0 Å². The van der Waals surface area contributed by atoms with Crippen molar-refractivity contribution in [2.45, 2.75) is 38.3 Å². The predicted molar refractivity (Wildman–Crippen MR) is 89.6 cm³/mol. The lowest BCUT2D eigenvalue weighted by Gasteiger charge is -2.23. The number of nitrogens with two attached hydrogens (primary N) is 1. The average Bonchev–Trinajstić information content (AvgIpc) is 2.92. The van der Waals surface area contributed by atoms with Gasteiger partial charge in [0.1, 0.15) is 11.9 Å². The van der Waals surface area contributed by atoms with Gasteiger partial charge in [0.2, 0.25) is 0 Å². The molecule has 0 bridgehead atoms. The summed E-state index contributed by atoms with van der Waals surface area (Å²) in [5.41, 5.74) is 10.1. The highest BCUT2D eigenvalue weighted by Crippen LogP contribution is 2.30. The highest BCUT2D eigenvalue weighted by atomic mass is 79.9. The van der Waals surface area contributed by atoms with Crippen LogP contribution < -0.4 is 10.5 Å². The number of hydrogen-bond donors (Lipinski definition) is 1. The van der Waals surface area contributed by atoms with Crippen LogP contribution in [0.3, 0.4) is 0 Å². The number of hydrogen-bond acceptors (Lipinski definition) is 2. The van der Waals surface area contributed by atoms with E-state index in [1.807, 2.05) is 19.1 Å². The zero-order valence-corrected chi connectivity index (χ0v) is 13.8. The van der Waals surface area contributed by atoms with Crippen LogP contribution in [0.1, 0.15) is 36.1 Å². The Hall–Kier alpha value is -1.32. The molecule has 0 saturated carbocycles. The first-order chi connectivity index (χ1) is 10.1. The predicted octanol–water partition coefficient (Wildman–Crippen LogP) is 4.41. The standard InChI is InChI=1S/C18H20BrNO/c1-12(20)18(15-6-3-7-16(19)10-15)21-17-9-8-13-4-2-5-14(13)11-17/h3,6-12,18H,2,4-5,20H2,1H3. The molecule has 21 heavy (non-hydrogen) atoms. The third kappa shape index (κ3) is 3.30. The van der Waals surface area contributed by atoms with Gasteiger partial charge in [-0.25, -0.2) is 0 Å². The zero-order valence-electron chi connectivity index (χ0n) is 12.2. The maximum atomic E-state index is 6.20. The zero-order chi connectivity index (χ0) is 14.8. The molecule has 2 unspecified atom stereocenters. The summed E-state index contributed by atoms with van der Waals surface area (Å²) >= 11 is 3.51. The number of halogens is 1. The van der Waals surface area contributed by atoms with Gasteiger partial charge in [0.05, 0.1) is 0 Å². The first-order valence-corrected chi connectivity index (χ1v) is 8.22. The summed E-state index contributed by atoms with van der Waals surface area (Å²) in [4.78, 5) is 0. The van der Waals surface area contributed by atoms with Crippen LogP contribution in [0.15, 0.2) is 46.9 Å². The minimum Gasteiger partial charge on any atom is -0.484 e. The first-order valence-electron chi connectivity index (χ1n) is 7.43. The van der Waals surface area contributed by atoms with Crippen molar-refractivity contribution < 1.29 is 4.74 Å². The molecule has 0 saturated heterocycles. The van der Waals surface area contributed by atoms with Crippen LogP contribution in [-0.4, -0.2) is 6.04 Å². The Morgan fingerprint density at radius 2 is 1.90 bits per heavy atom. The van der Waals surface area contributed by atoms with Crippen molar-refractivity contribution in [2.24, 2.45) is 5.73 Å². The summed E-state index contributed by atoms with van der Waals surface area (Å²) in [6.07, 6.45) is 3.47.